The van der Waals surface area contributed by atoms with Gasteiger partial charge in [-0.05, 0) is 42.9 Å². The highest BCUT2D eigenvalue weighted by Gasteiger charge is 2.25. The molecule has 1 fully saturated rings. The van der Waals surface area contributed by atoms with E-state index < -0.39 is 10.0 Å². The molecule has 1 aromatic carbocycles. The second kappa shape index (κ2) is 6.66. The lowest BCUT2D eigenvalue weighted by molar-refractivity contribution is 0.274. The molecule has 5 nitrogen and oxygen atoms in total. The molecule has 6 heteroatoms. The molecular weight excluding hydrogens is 290 g/mol. The Labute approximate surface area is 126 Å². The highest BCUT2D eigenvalue weighted by atomic mass is 32.2. The molecule has 0 aromatic heterocycles. The quantitative estimate of drug-likeness (QED) is 0.833. The van der Waals surface area contributed by atoms with Gasteiger partial charge in [-0.2, -0.15) is 0 Å². The van der Waals surface area contributed by atoms with Crippen LogP contribution < -0.4 is 9.47 Å². The average molecular weight is 313 g/mol. The van der Waals surface area contributed by atoms with Crippen molar-refractivity contribution in [3.8, 4) is 11.5 Å². The van der Waals surface area contributed by atoms with Gasteiger partial charge in [0.05, 0.1) is 20.5 Å². The van der Waals surface area contributed by atoms with Crippen molar-refractivity contribution in [1.29, 1.82) is 0 Å². The van der Waals surface area contributed by atoms with Gasteiger partial charge >= 0.3 is 0 Å². The second-order valence-electron chi connectivity index (χ2n) is 5.50. The first-order valence-electron chi connectivity index (χ1n) is 7.10. The molecule has 0 spiro atoms. The van der Waals surface area contributed by atoms with E-state index in [4.69, 9.17) is 9.47 Å². The van der Waals surface area contributed by atoms with Gasteiger partial charge in [0.25, 0.3) is 0 Å². The highest BCUT2D eigenvalue weighted by Crippen LogP contribution is 2.30. The summed E-state index contributed by atoms with van der Waals surface area (Å²) in [6.45, 7) is 1.24. The summed E-state index contributed by atoms with van der Waals surface area (Å²) in [5.41, 5.74) is 1.20. The van der Waals surface area contributed by atoms with Gasteiger partial charge in [0.1, 0.15) is 0 Å². The fourth-order valence-electron chi connectivity index (χ4n) is 2.79. The summed E-state index contributed by atoms with van der Waals surface area (Å²) >= 11 is 0. The maximum atomic E-state index is 11.5. The van der Waals surface area contributed by atoms with Crippen molar-refractivity contribution in [3.05, 3.63) is 23.8 Å². The third-order valence-corrected chi connectivity index (χ3v) is 5.32. The van der Waals surface area contributed by atoms with E-state index in [0.29, 0.717) is 19.0 Å². The number of methoxy groups -OCH3 is 2. The maximum Gasteiger partial charge on any atom is 0.211 e. The van der Waals surface area contributed by atoms with Crippen LogP contribution in [0.5, 0.6) is 11.5 Å². The van der Waals surface area contributed by atoms with E-state index >= 15 is 0 Å². The Morgan fingerprint density at radius 1 is 1.14 bits per heavy atom. The summed E-state index contributed by atoms with van der Waals surface area (Å²) in [5, 5.41) is 0. The third kappa shape index (κ3) is 4.11. The number of nitrogens with zero attached hydrogens (tertiary/aromatic N) is 1. The predicted molar refractivity (Wildman–Crippen MR) is 82.4 cm³/mol. The Bertz CT molecular complexity index is 577. The van der Waals surface area contributed by atoms with E-state index in [1.807, 2.05) is 18.2 Å². The first-order valence-corrected chi connectivity index (χ1v) is 8.95. The van der Waals surface area contributed by atoms with Crippen LogP contribution in [-0.2, 0) is 16.4 Å². The van der Waals surface area contributed by atoms with Crippen molar-refractivity contribution in [2.45, 2.75) is 19.3 Å². The zero-order valence-corrected chi connectivity index (χ0v) is 13.6. The van der Waals surface area contributed by atoms with Crippen LogP contribution in [0.15, 0.2) is 18.2 Å². The number of sulfonamides is 1. The summed E-state index contributed by atoms with van der Waals surface area (Å²) in [5.74, 6) is 1.98. The fourth-order valence-corrected chi connectivity index (χ4v) is 3.66. The zero-order chi connectivity index (χ0) is 15.5. The molecule has 0 saturated carbocycles. The van der Waals surface area contributed by atoms with Crippen LogP contribution in [0.3, 0.4) is 0 Å². The number of hydrogen-bond donors (Lipinski definition) is 0. The number of rotatable bonds is 5. The van der Waals surface area contributed by atoms with Gasteiger partial charge in [0, 0.05) is 13.1 Å². The molecule has 0 radical (unpaired) electrons. The van der Waals surface area contributed by atoms with Crippen LogP contribution >= 0.6 is 0 Å². The first kappa shape index (κ1) is 16.1. The lowest BCUT2D eigenvalue weighted by Gasteiger charge is -2.30. The van der Waals surface area contributed by atoms with E-state index in [1.165, 1.54) is 11.8 Å². The lowest BCUT2D eigenvalue weighted by atomic mass is 9.91. The van der Waals surface area contributed by atoms with Crippen molar-refractivity contribution >= 4 is 10.0 Å². The molecule has 1 aliphatic heterocycles. The van der Waals surface area contributed by atoms with Gasteiger partial charge in [-0.15, -0.1) is 0 Å². The minimum atomic E-state index is -3.05. The van der Waals surface area contributed by atoms with Crippen LogP contribution in [-0.4, -0.2) is 46.3 Å². The van der Waals surface area contributed by atoms with E-state index in [2.05, 4.69) is 0 Å². The molecule has 1 aliphatic rings. The van der Waals surface area contributed by atoms with Gasteiger partial charge in [0.2, 0.25) is 10.0 Å². The molecule has 0 N–H and O–H groups in total. The third-order valence-electron chi connectivity index (χ3n) is 4.01. The van der Waals surface area contributed by atoms with Crippen molar-refractivity contribution in [2.75, 3.05) is 33.6 Å². The Hall–Kier alpha value is -1.27. The smallest absolute Gasteiger partial charge is 0.211 e. The number of ether oxygens (including phenoxy) is 2. The molecule has 1 aromatic rings. The number of benzene rings is 1. The van der Waals surface area contributed by atoms with Gasteiger partial charge in [-0.25, -0.2) is 12.7 Å². The summed E-state index contributed by atoms with van der Waals surface area (Å²) in [6.07, 6.45) is 4.03. The fraction of sp³-hybridized carbons (Fsp3) is 0.600. The van der Waals surface area contributed by atoms with E-state index in [0.717, 1.165) is 30.8 Å². The van der Waals surface area contributed by atoms with Gasteiger partial charge in [-0.1, -0.05) is 6.07 Å². The van der Waals surface area contributed by atoms with Crippen molar-refractivity contribution in [1.82, 2.24) is 4.31 Å². The summed E-state index contributed by atoms with van der Waals surface area (Å²) < 4.78 is 35.1. The van der Waals surface area contributed by atoms with E-state index in [-0.39, 0.29) is 0 Å². The predicted octanol–water partition coefficient (Wildman–Crippen LogP) is 1.92. The molecule has 0 atom stereocenters. The highest BCUT2D eigenvalue weighted by molar-refractivity contribution is 7.88. The van der Waals surface area contributed by atoms with Crippen LogP contribution in [0.2, 0.25) is 0 Å². The number of hydrogen-bond acceptors (Lipinski definition) is 4. The zero-order valence-electron chi connectivity index (χ0n) is 12.8. The van der Waals surface area contributed by atoms with Crippen LogP contribution in [0.4, 0.5) is 0 Å². The summed E-state index contributed by atoms with van der Waals surface area (Å²) in [4.78, 5) is 0. The molecule has 0 amide bonds. The Morgan fingerprint density at radius 3 is 2.29 bits per heavy atom. The van der Waals surface area contributed by atoms with Crippen molar-refractivity contribution < 1.29 is 17.9 Å². The van der Waals surface area contributed by atoms with Gasteiger partial charge < -0.3 is 9.47 Å². The van der Waals surface area contributed by atoms with Gasteiger partial charge in [-0.3, -0.25) is 0 Å². The molecular formula is C15H23NO4S. The molecule has 2 rings (SSSR count). The number of piperidine rings is 1. The standard InChI is InChI=1S/C15H23NO4S/c1-19-14-5-4-13(11-15(14)20-2)10-12-6-8-16(9-7-12)21(3,17)18/h4-5,11-12H,6-10H2,1-3H3. The second-order valence-corrected chi connectivity index (χ2v) is 7.48. The summed E-state index contributed by atoms with van der Waals surface area (Å²) in [6, 6.07) is 5.96. The van der Waals surface area contributed by atoms with Crippen LogP contribution in [0.1, 0.15) is 18.4 Å². The maximum absolute atomic E-state index is 11.5. The summed E-state index contributed by atoms with van der Waals surface area (Å²) in [7, 11) is 0.210. The molecule has 0 aliphatic carbocycles. The monoisotopic (exact) mass is 313 g/mol. The van der Waals surface area contributed by atoms with Gasteiger partial charge in [0.15, 0.2) is 11.5 Å². The van der Waals surface area contributed by atoms with Crippen LogP contribution in [0.25, 0.3) is 0 Å². The SMILES string of the molecule is COc1ccc(CC2CCN(S(C)(=O)=O)CC2)cc1OC. The molecule has 1 saturated heterocycles. The van der Waals surface area contributed by atoms with Crippen LogP contribution in [0, 0.1) is 5.92 Å². The minimum absolute atomic E-state index is 0.515. The lowest BCUT2D eigenvalue weighted by Crippen LogP contribution is -2.38. The first-order chi connectivity index (χ1) is 9.94. The van der Waals surface area contributed by atoms with E-state index in [9.17, 15) is 8.42 Å². The molecule has 0 bridgehead atoms. The largest absolute Gasteiger partial charge is 0.493 e. The molecule has 118 valence electrons. The van der Waals surface area contributed by atoms with Crippen molar-refractivity contribution in [2.24, 2.45) is 5.92 Å². The molecule has 0 unspecified atom stereocenters. The Balaban J connectivity index is 1.98. The molecule has 1 heterocycles. The van der Waals surface area contributed by atoms with E-state index in [1.54, 1.807) is 18.5 Å². The van der Waals surface area contributed by atoms with Crippen molar-refractivity contribution in [3.63, 3.8) is 0 Å². The topological polar surface area (TPSA) is 55.8 Å². The molecule has 21 heavy (non-hydrogen) atoms. The normalized spacial score (nSPS) is 17.7. The minimum Gasteiger partial charge on any atom is -0.493 e. The average Bonchev–Trinajstić information content (AvgIpc) is 2.46. The Morgan fingerprint density at radius 2 is 1.76 bits per heavy atom. The Kier molecular flexibility index (Phi) is 5.11.